The van der Waals surface area contributed by atoms with Gasteiger partial charge in [-0.25, -0.2) is 4.79 Å². The van der Waals surface area contributed by atoms with Crippen molar-refractivity contribution >= 4 is 17.7 Å². The number of piperidine rings is 1. The maximum absolute atomic E-state index is 13.6. The summed E-state index contributed by atoms with van der Waals surface area (Å²) in [5.74, 6) is -0.405. The molecule has 0 radical (unpaired) electrons. The fourth-order valence-corrected chi connectivity index (χ4v) is 9.17. The van der Waals surface area contributed by atoms with Gasteiger partial charge in [-0.1, -0.05) is 18.2 Å². The van der Waals surface area contributed by atoms with E-state index in [1.807, 2.05) is 18.2 Å². The maximum atomic E-state index is 13.6. The minimum atomic E-state index is -1.18. The Morgan fingerprint density at radius 3 is 2.65 bits per heavy atom. The third kappa shape index (κ3) is 1.80. The van der Waals surface area contributed by atoms with Crippen molar-refractivity contribution in [1.82, 2.24) is 4.90 Å². The van der Waals surface area contributed by atoms with Gasteiger partial charge in [0.2, 0.25) is 0 Å². The molecular formula is C24H30N2O5. The van der Waals surface area contributed by atoms with Crippen LogP contribution < -0.4 is 4.90 Å². The van der Waals surface area contributed by atoms with E-state index >= 15 is 0 Å². The minimum Gasteiger partial charge on any atom is -0.468 e. The summed E-state index contributed by atoms with van der Waals surface area (Å²) in [5, 5.41) is 11.0. The SMILES string of the molecule is COC(=O)N1c2ccccc2[C@]23CCN4CCC[C@@]5(CC[C@@]12[C@](CO)(C(=O)OC)C5)[C@@H]43. The molecule has 2 bridgehead atoms. The minimum absolute atomic E-state index is 0.0628. The van der Waals surface area contributed by atoms with E-state index in [0.717, 1.165) is 50.0 Å². The van der Waals surface area contributed by atoms with E-state index in [-0.39, 0.29) is 18.1 Å². The third-order valence-corrected chi connectivity index (χ3v) is 9.70. The largest absolute Gasteiger partial charge is 0.468 e. The molecule has 0 aromatic heterocycles. The standard InChI is InChI=1S/C24H30N2O5/c1-30-19(28)22(15-27)14-21-8-5-12-25-13-11-23(18(21)25)16-6-3-4-7-17(16)26(20(29)31-2)24(22,23)10-9-21/h3-4,6-7,18,27H,5,8-15H2,1-2H3/t18-,21+,22-,23+,24+/m1/s1. The van der Waals surface area contributed by atoms with Gasteiger partial charge >= 0.3 is 12.1 Å². The van der Waals surface area contributed by atoms with Crippen LogP contribution in [-0.4, -0.2) is 67.6 Å². The first kappa shape index (κ1) is 19.6. The summed E-state index contributed by atoms with van der Waals surface area (Å²) in [7, 11) is 2.79. The van der Waals surface area contributed by atoms with Crippen LogP contribution in [0.4, 0.5) is 10.5 Å². The first-order valence-corrected chi connectivity index (χ1v) is 11.4. The van der Waals surface area contributed by atoms with Gasteiger partial charge in [0.25, 0.3) is 0 Å². The molecule has 7 heteroatoms. The number of fused-ring (bicyclic) bond motifs is 3. The molecule has 3 saturated carbocycles. The lowest BCUT2D eigenvalue weighted by atomic mass is 9.34. The zero-order valence-electron chi connectivity index (χ0n) is 18.2. The van der Waals surface area contributed by atoms with Crippen molar-refractivity contribution in [3.8, 4) is 0 Å². The fourth-order valence-electron chi connectivity index (χ4n) is 9.17. The Balaban J connectivity index is 1.74. The van der Waals surface area contributed by atoms with Crippen molar-refractivity contribution in [2.24, 2.45) is 10.8 Å². The second-order valence-electron chi connectivity index (χ2n) is 10.2. The number of anilines is 1. The van der Waals surface area contributed by atoms with Gasteiger partial charge in [0.15, 0.2) is 0 Å². The molecule has 1 N–H and O–H groups in total. The first-order valence-electron chi connectivity index (χ1n) is 11.4. The lowest BCUT2D eigenvalue weighted by Crippen LogP contribution is -2.84. The molecule has 7 nitrogen and oxygen atoms in total. The molecule has 1 aromatic carbocycles. The summed E-state index contributed by atoms with van der Waals surface area (Å²) < 4.78 is 10.7. The molecule has 3 heterocycles. The molecule has 3 aliphatic carbocycles. The van der Waals surface area contributed by atoms with Crippen LogP contribution in [0.3, 0.4) is 0 Å². The van der Waals surface area contributed by atoms with Gasteiger partial charge < -0.3 is 14.6 Å². The van der Waals surface area contributed by atoms with Gasteiger partial charge in [0, 0.05) is 11.5 Å². The zero-order chi connectivity index (χ0) is 21.6. The Bertz CT molecular complexity index is 982. The molecule has 31 heavy (non-hydrogen) atoms. The second-order valence-corrected chi connectivity index (χ2v) is 10.2. The third-order valence-electron chi connectivity index (χ3n) is 9.70. The Labute approximate surface area is 182 Å². The Kier molecular flexibility index (Phi) is 3.79. The molecule has 5 atom stereocenters. The first-order chi connectivity index (χ1) is 15.0. The summed E-state index contributed by atoms with van der Waals surface area (Å²) in [4.78, 5) is 31.4. The van der Waals surface area contributed by atoms with Crippen molar-refractivity contribution < 1.29 is 24.2 Å². The number of para-hydroxylation sites is 1. The second kappa shape index (κ2) is 6.01. The summed E-state index contributed by atoms with van der Waals surface area (Å²) in [6.45, 7) is 1.66. The number of aliphatic hydroxyl groups excluding tert-OH is 1. The van der Waals surface area contributed by atoms with Gasteiger partial charge in [-0.05, 0) is 68.7 Å². The van der Waals surface area contributed by atoms with E-state index in [0.29, 0.717) is 12.8 Å². The molecule has 6 aliphatic rings. The highest BCUT2D eigenvalue weighted by atomic mass is 16.5. The summed E-state index contributed by atoms with van der Waals surface area (Å²) in [6.07, 6.45) is 4.70. The van der Waals surface area contributed by atoms with Crippen molar-refractivity contribution in [2.45, 2.75) is 55.5 Å². The average Bonchev–Trinajstić information content (AvgIpc) is 3.34. The predicted molar refractivity (Wildman–Crippen MR) is 113 cm³/mol. The maximum Gasteiger partial charge on any atom is 0.414 e. The van der Waals surface area contributed by atoms with Gasteiger partial charge in [0.1, 0.15) is 5.41 Å². The number of hydrogen-bond donors (Lipinski definition) is 1. The summed E-state index contributed by atoms with van der Waals surface area (Å²) >= 11 is 0. The van der Waals surface area contributed by atoms with Crippen molar-refractivity contribution in [3.05, 3.63) is 29.8 Å². The van der Waals surface area contributed by atoms with Crippen LogP contribution in [0.2, 0.25) is 0 Å². The van der Waals surface area contributed by atoms with Crippen LogP contribution in [-0.2, 0) is 19.7 Å². The number of amides is 1. The van der Waals surface area contributed by atoms with Crippen LogP contribution in [0.1, 0.15) is 44.1 Å². The molecule has 1 amide bonds. The molecular weight excluding hydrogens is 396 g/mol. The van der Waals surface area contributed by atoms with Crippen molar-refractivity contribution in [2.75, 3.05) is 38.8 Å². The number of ether oxygens (including phenoxy) is 2. The molecule has 0 unspecified atom stereocenters. The number of nitrogens with zero attached hydrogens (tertiary/aromatic N) is 2. The van der Waals surface area contributed by atoms with Crippen molar-refractivity contribution in [3.63, 3.8) is 0 Å². The number of benzene rings is 1. The topological polar surface area (TPSA) is 79.3 Å². The molecule has 166 valence electrons. The number of esters is 1. The van der Waals surface area contributed by atoms with Crippen LogP contribution >= 0.6 is 0 Å². The molecule has 2 saturated heterocycles. The fraction of sp³-hybridized carbons (Fsp3) is 0.667. The number of rotatable bonds is 2. The highest BCUT2D eigenvalue weighted by Gasteiger charge is 2.86. The smallest absolute Gasteiger partial charge is 0.414 e. The van der Waals surface area contributed by atoms with E-state index in [1.165, 1.54) is 14.2 Å². The van der Waals surface area contributed by atoms with E-state index in [1.54, 1.807) is 4.90 Å². The number of hydrogen-bond acceptors (Lipinski definition) is 6. The van der Waals surface area contributed by atoms with Crippen LogP contribution in [0, 0.1) is 10.8 Å². The number of carbonyl (C=O) groups is 2. The number of methoxy groups -OCH3 is 2. The molecule has 3 spiro atoms. The van der Waals surface area contributed by atoms with Crippen molar-refractivity contribution in [1.29, 1.82) is 0 Å². The van der Waals surface area contributed by atoms with E-state index in [2.05, 4.69) is 11.0 Å². The highest BCUT2D eigenvalue weighted by molar-refractivity contribution is 5.98. The van der Waals surface area contributed by atoms with Crippen LogP contribution in [0.5, 0.6) is 0 Å². The van der Waals surface area contributed by atoms with E-state index in [4.69, 9.17) is 9.47 Å². The lowest BCUT2D eigenvalue weighted by molar-refractivity contribution is -0.210. The molecule has 7 rings (SSSR count). The van der Waals surface area contributed by atoms with Gasteiger partial charge in [-0.3, -0.25) is 14.6 Å². The summed E-state index contributed by atoms with van der Waals surface area (Å²) in [6, 6.07) is 8.32. The molecule has 1 aromatic rings. The molecule has 5 fully saturated rings. The monoisotopic (exact) mass is 426 g/mol. The number of carbonyl (C=O) groups excluding carboxylic acids is 2. The average molecular weight is 427 g/mol. The normalized spacial score (nSPS) is 42.0. The number of aliphatic hydroxyl groups is 1. The molecule has 3 aliphatic heterocycles. The van der Waals surface area contributed by atoms with Crippen LogP contribution in [0.15, 0.2) is 24.3 Å². The van der Waals surface area contributed by atoms with E-state index < -0.39 is 28.4 Å². The Morgan fingerprint density at radius 2 is 1.90 bits per heavy atom. The Morgan fingerprint density at radius 1 is 1.10 bits per heavy atom. The van der Waals surface area contributed by atoms with Crippen LogP contribution in [0.25, 0.3) is 0 Å². The zero-order valence-corrected chi connectivity index (χ0v) is 18.2. The predicted octanol–water partition coefficient (Wildman–Crippen LogP) is 2.45. The van der Waals surface area contributed by atoms with Gasteiger partial charge in [0.05, 0.1) is 32.1 Å². The summed E-state index contributed by atoms with van der Waals surface area (Å²) in [5.41, 5.74) is -0.631. The highest BCUT2D eigenvalue weighted by Crippen LogP contribution is 2.78. The van der Waals surface area contributed by atoms with E-state index in [9.17, 15) is 14.7 Å². The van der Waals surface area contributed by atoms with Gasteiger partial charge in [-0.15, -0.1) is 0 Å². The quantitative estimate of drug-likeness (QED) is 0.732. The lowest BCUT2D eigenvalue weighted by Gasteiger charge is -2.73. The Hall–Kier alpha value is -2.12. The van der Waals surface area contributed by atoms with Gasteiger partial charge in [-0.2, -0.15) is 0 Å².